The van der Waals surface area contributed by atoms with Crippen LogP contribution in [0.1, 0.15) is 45.7 Å². The fourth-order valence-electron chi connectivity index (χ4n) is 7.86. The Balaban J connectivity index is 1.18. The minimum absolute atomic E-state index is 0.0262. The van der Waals surface area contributed by atoms with Crippen LogP contribution < -0.4 is 4.74 Å². The number of aryl methyl sites for hydroxylation is 2. The Morgan fingerprint density at radius 1 is 0.579 bits per heavy atom. The van der Waals surface area contributed by atoms with Gasteiger partial charge in [0.05, 0.1) is 16.7 Å². The van der Waals surface area contributed by atoms with Crippen LogP contribution in [0.2, 0.25) is 0 Å². The summed E-state index contributed by atoms with van der Waals surface area (Å²) in [5.74, 6) is 2.00. The maximum Gasteiger partial charge on any atom is 0.137 e. The second-order valence-corrected chi connectivity index (χ2v) is 16.5. The van der Waals surface area contributed by atoms with Gasteiger partial charge in [0.2, 0.25) is 0 Å². The first-order valence-electron chi connectivity index (χ1n) is 22.0. The Morgan fingerprint density at radius 3 is 2.23 bits per heavy atom. The van der Waals surface area contributed by atoms with Crippen molar-refractivity contribution in [2.24, 2.45) is 0 Å². The molecule has 0 aliphatic carbocycles. The summed E-state index contributed by atoms with van der Waals surface area (Å²) < 4.78 is 61.4. The van der Waals surface area contributed by atoms with Gasteiger partial charge >= 0.3 is 0 Å². The van der Waals surface area contributed by atoms with Crippen LogP contribution in [-0.2, 0) is 5.41 Å². The largest absolute Gasteiger partial charge is 0.457 e. The van der Waals surface area contributed by atoms with Crippen LogP contribution in [0, 0.1) is 13.7 Å². The van der Waals surface area contributed by atoms with Crippen molar-refractivity contribution < 1.29 is 13.0 Å². The lowest BCUT2D eigenvalue weighted by molar-refractivity contribution is 0.484. The SMILES string of the molecule is [2H]C([2H])([2H])c1ccccc1-c1cc(-c2cc(Oc3ccc4c5ccccc5n(-c5cc(C(C)(C)C)ccn5)c4c3)cc3c2sc2cc(-c4ccccc4)ccc23)ncc1C([2H])([2H])[2H]. The molecule has 0 fully saturated rings. The Labute approximate surface area is 345 Å². The average Bonchev–Trinajstić information content (AvgIpc) is 3.80. The lowest BCUT2D eigenvalue weighted by atomic mass is 9.88. The second kappa shape index (κ2) is 13.6. The van der Waals surface area contributed by atoms with Crippen molar-refractivity contribution in [2.75, 3.05) is 0 Å². The van der Waals surface area contributed by atoms with Crippen LogP contribution in [-0.4, -0.2) is 14.5 Å². The van der Waals surface area contributed by atoms with Gasteiger partial charge in [-0.15, -0.1) is 11.3 Å². The van der Waals surface area contributed by atoms with E-state index < -0.39 is 13.7 Å². The molecular formula is C52H41N3OS. The number of rotatable bonds is 6. The van der Waals surface area contributed by atoms with Gasteiger partial charge in [-0.05, 0) is 113 Å². The summed E-state index contributed by atoms with van der Waals surface area (Å²) in [5, 5.41) is 4.16. The molecule has 10 aromatic rings. The number of hydrogen-bond donors (Lipinski definition) is 0. The topological polar surface area (TPSA) is 39.9 Å². The monoisotopic (exact) mass is 761 g/mol. The van der Waals surface area contributed by atoms with Crippen molar-refractivity contribution in [3.05, 3.63) is 175 Å². The third-order valence-corrected chi connectivity index (χ3v) is 12.0. The molecule has 0 N–H and O–H groups in total. The van der Waals surface area contributed by atoms with Gasteiger partial charge in [-0.25, -0.2) is 4.98 Å². The van der Waals surface area contributed by atoms with Crippen molar-refractivity contribution in [3.8, 4) is 50.8 Å². The number of thiophene rings is 1. The molecule has 0 saturated heterocycles. The van der Waals surface area contributed by atoms with Crippen molar-refractivity contribution in [3.63, 3.8) is 0 Å². The van der Waals surface area contributed by atoms with Crippen LogP contribution in [0.5, 0.6) is 11.5 Å². The first-order chi connectivity index (χ1) is 30.1. The van der Waals surface area contributed by atoms with E-state index in [1.165, 1.54) is 17.8 Å². The number of ether oxygens (including phenoxy) is 1. The number of pyridine rings is 2. The highest BCUT2D eigenvalue weighted by molar-refractivity contribution is 7.26. The third-order valence-electron chi connectivity index (χ3n) is 10.8. The molecule has 276 valence electrons. The fourth-order valence-corrected chi connectivity index (χ4v) is 9.10. The zero-order valence-electron chi connectivity index (χ0n) is 37.7. The molecule has 0 aliphatic rings. The highest BCUT2D eigenvalue weighted by atomic mass is 32.1. The van der Waals surface area contributed by atoms with Crippen molar-refractivity contribution >= 4 is 53.3 Å². The molecule has 57 heavy (non-hydrogen) atoms. The standard InChI is InChI=1S/C52H41N3OS/c1-32-13-9-10-16-39(32)43-30-46(54-31-33(43)2)45-28-38(27-44-42-21-19-35(25-49(42)57-51(44)45)34-14-7-6-8-15-34)56-37-20-22-41-40-17-11-12-18-47(40)55(48(41)29-37)50-26-36(23-24-53-50)52(3,4)5/h6-31H,1-5H3/i1D3,2D3. The second-order valence-electron chi connectivity index (χ2n) is 15.5. The molecule has 6 aromatic carbocycles. The third kappa shape index (κ3) is 6.16. The number of nitrogens with zero attached hydrogens (tertiary/aromatic N) is 3. The number of para-hydroxylation sites is 1. The summed E-state index contributed by atoms with van der Waals surface area (Å²) in [6.45, 7) is 1.55. The fraction of sp³-hybridized carbons (Fsp3) is 0.115. The van der Waals surface area contributed by atoms with Gasteiger partial charge in [0.1, 0.15) is 17.3 Å². The lowest BCUT2D eigenvalue weighted by Gasteiger charge is -2.20. The summed E-state index contributed by atoms with van der Waals surface area (Å²) in [6, 6.07) is 47.7. The molecular weight excluding hydrogens is 715 g/mol. The first kappa shape index (κ1) is 28.8. The van der Waals surface area contributed by atoms with E-state index in [4.69, 9.17) is 22.9 Å². The van der Waals surface area contributed by atoms with Crippen LogP contribution in [0.3, 0.4) is 0 Å². The molecule has 0 amide bonds. The molecule has 5 heteroatoms. The number of fused-ring (bicyclic) bond motifs is 6. The molecule has 0 bridgehead atoms. The van der Waals surface area contributed by atoms with Gasteiger partial charge in [-0.1, -0.05) is 106 Å². The molecule has 0 atom stereocenters. The van der Waals surface area contributed by atoms with Crippen molar-refractivity contribution in [1.82, 2.24) is 14.5 Å². The summed E-state index contributed by atoms with van der Waals surface area (Å²) in [5.41, 5.74) is 7.16. The molecule has 4 aromatic heterocycles. The summed E-state index contributed by atoms with van der Waals surface area (Å²) >= 11 is 1.63. The highest BCUT2D eigenvalue weighted by Gasteiger charge is 2.20. The Morgan fingerprint density at radius 2 is 1.37 bits per heavy atom. The minimum atomic E-state index is -2.56. The van der Waals surface area contributed by atoms with Gasteiger partial charge < -0.3 is 4.74 Å². The quantitative estimate of drug-likeness (QED) is 0.169. The number of hydrogen-bond acceptors (Lipinski definition) is 4. The number of benzene rings is 6. The predicted molar refractivity (Wildman–Crippen MR) is 240 cm³/mol. The Bertz CT molecular complexity index is 3400. The average molecular weight is 762 g/mol. The highest BCUT2D eigenvalue weighted by Crippen LogP contribution is 2.45. The summed E-state index contributed by atoms with van der Waals surface area (Å²) in [7, 11) is 0. The van der Waals surface area contributed by atoms with Gasteiger partial charge in [0.25, 0.3) is 0 Å². The Kier molecular flexibility index (Phi) is 6.86. The van der Waals surface area contributed by atoms with E-state index in [1.54, 1.807) is 35.6 Å². The van der Waals surface area contributed by atoms with E-state index in [0.717, 1.165) is 64.5 Å². The van der Waals surface area contributed by atoms with Crippen LogP contribution >= 0.6 is 11.3 Å². The van der Waals surface area contributed by atoms with E-state index in [1.807, 2.05) is 48.7 Å². The van der Waals surface area contributed by atoms with Crippen LogP contribution in [0.25, 0.3) is 81.3 Å². The van der Waals surface area contributed by atoms with E-state index in [0.29, 0.717) is 28.3 Å². The summed E-state index contributed by atoms with van der Waals surface area (Å²) in [4.78, 5) is 9.66. The molecule has 0 spiro atoms. The summed E-state index contributed by atoms with van der Waals surface area (Å²) in [6.07, 6.45) is 3.23. The first-order valence-corrected chi connectivity index (χ1v) is 19.8. The molecule has 10 rings (SSSR count). The smallest absolute Gasteiger partial charge is 0.137 e. The number of aromatic nitrogens is 3. The molecule has 0 aliphatic heterocycles. The van der Waals surface area contributed by atoms with Crippen LogP contribution in [0.4, 0.5) is 0 Å². The van der Waals surface area contributed by atoms with Gasteiger partial charge in [-0.2, -0.15) is 0 Å². The Hall–Kier alpha value is -6.56. The molecule has 4 nitrogen and oxygen atoms in total. The zero-order valence-corrected chi connectivity index (χ0v) is 32.5. The van der Waals surface area contributed by atoms with Crippen molar-refractivity contribution in [2.45, 2.75) is 39.9 Å². The predicted octanol–water partition coefficient (Wildman–Crippen LogP) is 14.6. The minimum Gasteiger partial charge on any atom is -0.457 e. The van der Waals surface area contributed by atoms with Gasteiger partial charge in [0.15, 0.2) is 0 Å². The van der Waals surface area contributed by atoms with Gasteiger partial charge in [-0.3, -0.25) is 9.55 Å². The van der Waals surface area contributed by atoms with Crippen molar-refractivity contribution in [1.29, 1.82) is 0 Å². The molecule has 0 unspecified atom stereocenters. The normalized spacial score (nSPS) is 13.9. The maximum atomic E-state index is 8.45. The molecule has 4 heterocycles. The molecule has 0 saturated carbocycles. The lowest BCUT2D eigenvalue weighted by Crippen LogP contribution is -2.12. The van der Waals surface area contributed by atoms with Gasteiger partial charge in [0, 0.05) is 63.2 Å². The zero-order chi connectivity index (χ0) is 43.8. The molecule has 0 radical (unpaired) electrons. The van der Waals surface area contributed by atoms with E-state index in [9.17, 15) is 0 Å². The van der Waals surface area contributed by atoms with E-state index in [2.05, 4.69) is 98.1 Å². The van der Waals surface area contributed by atoms with E-state index >= 15 is 0 Å². The van der Waals surface area contributed by atoms with E-state index in [-0.39, 0.29) is 16.5 Å². The van der Waals surface area contributed by atoms with Crippen LogP contribution in [0.15, 0.2) is 158 Å². The maximum absolute atomic E-state index is 8.45.